The fourth-order valence-corrected chi connectivity index (χ4v) is 3.76. The lowest BCUT2D eigenvalue weighted by molar-refractivity contribution is -0.384. The highest BCUT2D eigenvalue weighted by molar-refractivity contribution is 7.99. The number of anilines is 1. The number of halogens is 1. The van der Waals surface area contributed by atoms with E-state index >= 15 is 0 Å². The number of thioether (sulfide) groups is 1. The molecule has 11 heteroatoms. The summed E-state index contributed by atoms with van der Waals surface area (Å²) in [6.07, 6.45) is 0. The molecule has 0 atom stereocenters. The highest BCUT2D eigenvalue weighted by Crippen LogP contribution is 2.28. The van der Waals surface area contributed by atoms with Crippen LogP contribution < -0.4 is 5.32 Å². The molecule has 0 bridgehead atoms. The second kappa shape index (κ2) is 7.85. The zero-order chi connectivity index (χ0) is 18.7. The van der Waals surface area contributed by atoms with Gasteiger partial charge in [-0.2, -0.15) is 0 Å². The lowest BCUT2D eigenvalue weighted by Crippen LogP contribution is -2.14. The maximum atomic E-state index is 12.1. The van der Waals surface area contributed by atoms with Crippen molar-refractivity contribution in [1.82, 2.24) is 14.8 Å². The molecule has 3 rings (SSSR count). The van der Waals surface area contributed by atoms with Gasteiger partial charge in [0.2, 0.25) is 5.91 Å². The van der Waals surface area contributed by atoms with E-state index in [0.717, 1.165) is 10.7 Å². The number of nitrogens with zero attached hydrogens (tertiary/aromatic N) is 4. The Bertz CT molecular complexity index is 958. The van der Waals surface area contributed by atoms with Crippen LogP contribution in [0.25, 0.3) is 10.7 Å². The van der Waals surface area contributed by atoms with Crippen LogP contribution in [0.15, 0.2) is 40.9 Å². The Kier molecular flexibility index (Phi) is 5.55. The molecule has 3 aromatic rings. The number of nitro benzene ring substituents is 1. The van der Waals surface area contributed by atoms with Gasteiger partial charge in [-0.05, 0) is 23.6 Å². The Labute approximate surface area is 161 Å². The van der Waals surface area contributed by atoms with E-state index in [-0.39, 0.29) is 22.4 Å². The summed E-state index contributed by atoms with van der Waals surface area (Å²) < 4.78 is 1.82. The van der Waals surface area contributed by atoms with Crippen LogP contribution in [0.5, 0.6) is 0 Å². The van der Waals surface area contributed by atoms with E-state index in [1.165, 1.54) is 30.0 Å². The topological polar surface area (TPSA) is 103 Å². The number of amides is 1. The zero-order valence-electron chi connectivity index (χ0n) is 13.4. The smallest absolute Gasteiger partial charge is 0.289 e. The summed E-state index contributed by atoms with van der Waals surface area (Å²) in [5.41, 5.74) is 0.0509. The number of hydrogen-bond acceptors (Lipinski definition) is 7. The van der Waals surface area contributed by atoms with Crippen LogP contribution in [-0.2, 0) is 11.8 Å². The molecular formula is C15H12ClN5O3S2. The van der Waals surface area contributed by atoms with E-state index in [4.69, 9.17) is 11.6 Å². The van der Waals surface area contributed by atoms with Crippen LogP contribution in [0.4, 0.5) is 11.4 Å². The molecule has 0 saturated heterocycles. The van der Waals surface area contributed by atoms with Crippen molar-refractivity contribution in [3.8, 4) is 10.7 Å². The fraction of sp³-hybridized carbons (Fsp3) is 0.133. The second-order valence-electron chi connectivity index (χ2n) is 5.10. The zero-order valence-corrected chi connectivity index (χ0v) is 15.8. The number of thiophene rings is 1. The summed E-state index contributed by atoms with van der Waals surface area (Å²) in [6.45, 7) is 0. The van der Waals surface area contributed by atoms with Crippen molar-refractivity contribution in [3.63, 3.8) is 0 Å². The summed E-state index contributed by atoms with van der Waals surface area (Å²) in [5, 5.41) is 24.3. The third kappa shape index (κ3) is 4.03. The van der Waals surface area contributed by atoms with Gasteiger partial charge in [0.15, 0.2) is 11.0 Å². The van der Waals surface area contributed by atoms with E-state index in [1.54, 1.807) is 11.3 Å². The monoisotopic (exact) mass is 409 g/mol. The Hall–Kier alpha value is -2.43. The third-order valence-corrected chi connectivity index (χ3v) is 5.54. The minimum absolute atomic E-state index is 0.0163. The van der Waals surface area contributed by atoms with Crippen molar-refractivity contribution in [3.05, 3.63) is 50.8 Å². The maximum absolute atomic E-state index is 12.1. The Balaban J connectivity index is 1.63. The largest absolute Gasteiger partial charge is 0.325 e. The average molecular weight is 410 g/mol. The Morgan fingerprint density at radius 3 is 2.92 bits per heavy atom. The standard InChI is InChI=1S/C15H12ClN5O3S2/c1-20-14(12-3-2-6-25-12)18-19-15(20)26-8-13(22)17-9-4-5-10(16)11(7-9)21(23)24/h2-7H,8H2,1H3,(H,17,22). The second-order valence-corrected chi connectivity index (χ2v) is 7.40. The van der Waals surface area contributed by atoms with E-state index in [0.29, 0.717) is 10.8 Å². The first-order valence-corrected chi connectivity index (χ1v) is 9.50. The van der Waals surface area contributed by atoms with Crippen molar-refractivity contribution >= 4 is 52.0 Å². The molecule has 0 unspecified atom stereocenters. The maximum Gasteiger partial charge on any atom is 0.289 e. The van der Waals surface area contributed by atoms with Gasteiger partial charge in [-0.3, -0.25) is 14.9 Å². The summed E-state index contributed by atoms with van der Waals surface area (Å²) in [4.78, 5) is 23.4. The molecule has 2 heterocycles. The number of benzene rings is 1. The van der Waals surface area contributed by atoms with Gasteiger partial charge >= 0.3 is 0 Å². The summed E-state index contributed by atoms with van der Waals surface area (Å²) in [7, 11) is 1.83. The highest BCUT2D eigenvalue weighted by Gasteiger charge is 2.16. The van der Waals surface area contributed by atoms with Gasteiger partial charge in [-0.1, -0.05) is 29.4 Å². The van der Waals surface area contributed by atoms with E-state index in [2.05, 4.69) is 15.5 Å². The molecule has 26 heavy (non-hydrogen) atoms. The van der Waals surface area contributed by atoms with E-state index in [9.17, 15) is 14.9 Å². The molecule has 1 amide bonds. The third-order valence-electron chi connectivity index (χ3n) is 3.34. The highest BCUT2D eigenvalue weighted by atomic mass is 35.5. The molecule has 0 aliphatic carbocycles. The molecule has 0 saturated carbocycles. The summed E-state index contributed by atoms with van der Waals surface area (Å²) in [5.74, 6) is 0.510. The van der Waals surface area contributed by atoms with Crippen LogP contribution >= 0.6 is 34.7 Å². The summed E-state index contributed by atoms with van der Waals surface area (Å²) in [6, 6.07) is 7.99. The van der Waals surface area contributed by atoms with Crippen molar-refractivity contribution < 1.29 is 9.72 Å². The van der Waals surface area contributed by atoms with Gasteiger partial charge < -0.3 is 9.88 Å². The van der Waals surface area contributed by atoms with Gasteiger partial charge in [-0.15, -0.1) is 21.5 Å². The first-order valence-electron chi connectivity index (χ1n) is 7.25. The lowest BCUT2D eigenvalue weighted by atomic mass is 10.3. The van der Waals surface area contributed by atoms with Crippen molar-refractivity contribution in [1.29, 1.82) is 0 Å². The Morgan fingerprint density at radius 2 is 2.23 bits per heavy atom. The number of nitrogens with one attached hydrogen (secondary N) is 1. The van der Waals surface area contributed by atoms with Gasteiger partial charge in [0, 0.05) is 18.8 Å². The van der Waals surface area contributed by atoms with Gasteiger partial charge in [0.25, 0.3) is 5.69 Å². The van der Waals surface area contributed by atoms with Crippen LogP contribution in [0.2, 0.25) is 5.02 Å². The van der Waals surface area contributed by atoms with Gasteiger partial charge in [0.1, 0.15) is 5.02 Å². The van der Waals surface area contributed by atoms with E-state index in [1.807, 2.05) is 29.1 Å². The minimum Gasteiger partial charge on any atom is -0.325 e. The average Bonchev–Trinajstić information content (AvgIpc) is 3.24. The van der Waals surface area contributed by atoms with Gasteiger partial charge in [0.05, 0.1) is 15.6 Å². The number of aromatic nitrogens is 3. The molecule has 0 fully saturated rings. The van der Waals surface area contributed by atoms with Crippen molar-refractivity contribution in [2.24, 2.45) is 7.05 Å². The molecular weight excluding hydrogens is 398 g/mol. The lowest BCUT2D eigenvalue weighted by Gasteiger charge is -2.06. The number of nitro groups is 1. The molecule has 134 valence electrons. The van der Waals surface area contributed by atoms with Crippen LogP contribution in [0.3, 0.4) is 0 Å². The van der Waals surface area contributed by atoms with Crippen LogP contribution in [0.1, 0.15) is 0 Å². The predicted octanol–water partition coefficient (Wildman–Crippen LogP) is 3.84. The first kappa shape index (κ1) is 18.4. The molecule has 2 aromatic heterocycles. The van der Waals surface area contributed by atoms with Crippen molar-refractivity contribution in [2.75, 3.05) is 11.1 Å². The fourth-order valence-electron chi connectivity index (χ4n) is 2.12. The SMILES string of the molecule is Cn1c(SCC(=O)Nc2ccc(Cl)c([N+](=O)[O-])c2)nnc1-c1cccs1. The predicted molar refractivity (Wildman–Crippen MR) is 102 cm³/mol. The number of hydrogen-bond donors (Lipinski definition) is 1. The number of carbonyl (C=O) groups excluding carboxylic acids is 1. The quantitative estimate of drug-likeness (QED) is 0.377. The first-order chi connectivity index (χ1) is 12.5. The summed E-state index contributed by atoms with van der Waals surface area (Å²) >= 11 is 8.54. The van der Waals surface area contributed by atoms with Crippen LogP contribution in [0, 0.1) is 10.1 Å². The number of rotatable bonds is 6. The molecule has 0 aliphatic rings. The van der Waals surface area contributed by atoms with E-state index < -0.39 is 4.92 Å². The molecule has 0 aliphatic heterocycles. The molecule has 8 nitrogen and oxygen atoms in total. The van der Waals surface area contributed by atoms with Crippen molar-refractivity contribution in [2.45, 2.75) is 5.16 Å². The molecule has 0 spiro atoms. The van der Waals surface area contributed by atoms with Gasteiger partial charge in [-0.25, -0.2) is 0 Å². The molecule has 1 N–H and O–H groups in total. The normalized spacial score (nSPS) is 10.7. The molecule has 0 radical (unpaired) electrons. The van der Waals surface area contributed by atoms with Crippen LogP contribution in [-0.4, -0.2) is 31.3 Å². The minimum atomic E-state index is -0.599. The Morgan fingerprint density at radius 1 is 1.42 bits per heavy atom. The number of carbonyl (C=O) groups is 1. The molecule has 1 aromatic carbocycles.